The van der Waals surface area contributed by atoms with Crippen molar-refractivity contribution in [2.75, 3.05) is 13.7 Å². The molecule has 0 amide bonds. The first-order chi connectivity index (χ1) is 11.2. The average molecular weight is 319 g/mol. The fraction of sp³-hybridized carbons (Fsp3) is 0.438. The van der Waals surface area contributed by atoms with Crippen molar-refractivity contribution in [2.24, 2.45) is 0 Å². The number of ether oxygens (including phenoxy) is 2. The molecule has 7 nitrogen and oxygen atoms in total. The molecule has 124 valence electrons. The minimum absolute atomic E-state index is 0.0305. The summed E-state index contributed by atoms with van der Waals surface area (Å²) in [5.74, 6) is 0.487. The Morgan fingerprint density at radius 2 is 1.96 bits per heavy atom. The van der Waals surface area contributed by atoms with E-state index in [-0.39, 0.29) is 5.69 Å². The summed E-state index contributed by atoms with van der Waals surface area (Å²) in [4.78, 5) is 11.2. The lowest BCUT2D eigenvalue weighted by Gasteiger charge is -2.08. The third-order valence-corrected chi connectivity index (χ3v) is 3.36. The molecule has 1 heterocycles. The van der Waals surface area contributed by atoms with Crippen LogP contribution in [-0.4, -0.2) is 39.8 Å². The maximum atomic E-state index is 11.2. The van der Waals surface area contributed by atoms with Crippen molar-refractivity contribution in [3.63, 3.8) is 0 Å². The van der Waals surface area contributed by atoms with Crippen LogP contribution in [0.1, 0.15) is 35.9 Å². The zero-order chi connectivity index (χ0) is 16.7. The first-order valence-corrected chi connectivity index (χ1v) is 7.58. The third kappa shape index (κ3) is 4.45. The maximum Gasteiger partial charge on any atom is 0.358 e. The average Bonchev–Trinajstić information content (AvgIpc) is 2.95. The van der Waals surface area contributed by atoms with Crippen LogP contribution in [-0.2, 0) is 13.0 Å². The van der Waals surface area contributed by atoms with E-state index in [1.54, 1.807) is 11.8 Å². The van der Waals surface area contributed by atoms with Gasteiger partial charge >= 0.3 is 5.97 Å². The van der Waals surface area contributed by atoms with Crippen LogP contribution in [0.25, 0.3) is 0 Å². The Morgan fingerprint density at radius 3 is 2.57 bits per heavy atom. The van der Waals surface area contributed by atoms with Crippen molar-refractivity contribution in [1.82, 2.24) is 15.0 Å². The van der Waals surface area contributed by atoms with Crippen LogP contribution in [0.3, 0.4) is 0 Å². The molecule has 0 radical (unpaired) electrons. The smallest absolute Gasteiger partial charge is 0.358 e. The number of carbonyl (C=O) groups is 1. The predicted molar refractivity (Wildman–Crippen MR) is 84.1 cm³/mol. The number of carboxylic acids is 1. The van der Waals surface area contributed by atoms with E-state index in [4.69, 9.17) is 9.47 Å². The van der Waals surface area contributed by atoms with Gasteiger partial charge in [-0.3, -0.25) is 0 Å². The first-order valence-electron chi connectivity index (χ1n) is 7.58. The first kappa shape index (κ1) is 16.8. The van der Waals surface area contributed by atoms with Crippen molar-refractivity contribution in [2.45, 2.75) is 32.7 Å². The number of nitrogens with zero attached hydrogens (tertiary/aromatic N) is 3. The number of hydrogen-bond donors (Lipinski definition) is 1. The molecular weight excluding hydrogens is 298 g/mol. The van der Waals surface area contributed by atoms with Crippen LogP contribution in [0.5, 0.6) is 11.5 Å². The van der Waals surface area contributed by atoms with Crippen LogP contribution >= 0.6 is 0 Å². The lowest BCUT2D eigenvalue weighted by atomic mass is 10.2. The van der Waals surface area contributed by atoms with Crippen LogP contribution in [0.15, 0.2) is 24.3 Å². The molecular formula is C16H21N3O4. The summed E-state index contributed by atoms with van der Waals surface area (Å²) in [6.07, 6.45) is 2.12. The second-order valence-electron chi connectivity index (χ2n) is 5.04. The molecule has 1 N–H and O–H groups in total. The molecule has 2 aromatic rings. The fourth-order valence-corrected chi connectivity index (χ4v) is 2.24. The molecule has 2 rings (SSSR count). The Labute approximate surface area is 134 Å². The minimum atomic E-state index is -1.04. The van der Waals surface area contributed by atoms with Crippen LogP contribution in [0.4, 0.5) is 0 Å². The highest BCUT2D eigenvalue weighted by Crippen LogP contribution is 2.17. The molecule has 7 heteroatoms. The van der Waals surface area contributed by atoms with Crippen LogP contribution < -0.4 is 9.47 Å². The Bertz CT molecular complexity index is 637. The number of hydrogen-bond acceptors (Lipinski definition) is 5. The Morgan fingerprint density at radius 1 is 1.26 bits per heavy atom. The summed E-state index contributed by atoms with van der Waals surface area (Å²) < 4.78 is 12.4. The highest BCUT2D eigenvalue weighted by Gasteiger charge is 2.18. The molecule has 0 atom stereocenters. The molecule has 0 aliphatic heterocycles. The maximum absolute atomic E-state index is 11.2. The van der Waals surface area contributed by atoms with E-state index in [1.807, 2.05) is 31.2 Å². The minimum Gasteiger partial charge on any atom is -0.497 e. The van der Waals surface area contributed by atoms with Crippen LogP contribution in [0.2, 0.25) is 0 Å². The molecule has 23 heavy (non-hydrogen) atoms. The lowest BCUT2D eigenvalue weighted by molar-refractivity contribution is 0.0689. The number of aromatic nitrogens is 3. The Balaban J connectivity index is 1.90. The van der Waals surface area contributed by atoms with Gasteiger partial charge < -0.3 is 14.6 Å². The van der Waals surface area contributed by atoms with Crippen molar-refractivity contribution in [3.05, 3.63) is 35.7 Å². The van der Waals surface area contributed by atoms with Gasteiger partial charge in [0.25, 0.3) is 0 Å². The molecule has 1 aromatic carbocycles. The van der Waals surface area contributed by atoms with E-state index in [1.165, 1.54) is 0 Å². The number of rotatable bonds is 9. The SMILES string of the molecule is CCCn1nnc(C(=O)O)c1CCCOc1ccc(OC)cc1. The summed E-state index contributed by atoms with van der Waals surface area (Å²) in [5, 5.41) is 16.8. The number of carboxylic acid groups (broad SMARTS) is 1. The van der Waals surface area contributed by atoms with Gasteiger partial charge in [-0.15, -0.1) is 5.10 Å². The zero-order valence-electron chi connectivity index (χ0n) is 13.4. The summed E-state index contributed by atoms with van der Waals surface area (Å²) in [6, 6.07) is 7.34. The summed E-state index contributed by atoms with van der Waals surface area (Å²) >= 11 is 0. The van der Waals surface area contributed by atoms with E-state index in [2.05, 4.69) is 10.3 Å². The van der Waals surface area contributed by atoms with Gasteiger partial charge in [-0.1, -0.05) is 12.1 Å². The quantitative estimate of drug-likeness (QED) is 0.714. The standard InChI is InChI=1S/C16H21N3O4/c1-3-10-19-14(15(16(20)21)17-18-19)5-4-11-23-13-8-6-12(22-2)7-9-13/h6-9H,3-5,10-11H2,1-2H3,(H,20,21). The molecule has 0 saturated carbocycles. The van der Waals surface area contributed by atoms with Crippen molar-refractivity contribution < 1.29 is 19.4 Å². The number of benzene rings is 1. The van der Waals surface area contributed by atoms with Gasteiger partial charge in [-0.25, -0.2) is 9.48 Å². The predicted octanol–water partition coefficient (Wildman–Crippen LogP) is 2.41. The summed E-state index contributed by atoms with van der Waals surface area (Å²) in [6.45, 7) is 3.16. The molecule has 0 aliphatic rings. The second kappa shape index (κ2) is 8.17. The normalized spacial score (nSPS) is 10.5. The lowest BCUT2D eigenvalue weighted by Crippen LogP contribution is -2.10. The second-order valence-corrected chi connectivity index (χ2v) is 5.04. The van der Waals surface area contributed by atoms with E-state index < -0.39 is 5.97 Å². The van der Waals surface area contributed by atoms with E-state index in [0.717, 1.165) is 17.9 Å². The third-order valence-electron chi connectivity index (χ3n) is 3.36. The largest absolute Gasteiger partial charge is 0.497 e. The van der Waals surface area contributed by atoms with Gasteiger partial charge in [0, 0.05) is 6.54 Å². The van der Waals surface area contributed by atoms with E-state index in [9.17, 15) is 9.90 Å². The zero-order valence-corrected chi connectivity index (χ0v) is 13.4. The van der Waals surface area contributed by atoms with Crippen molar-refractivity contribution in [1.29, 1.82) is 0 Å². The van der Waals surface area contributed by atoms with E-state index in [0.29, 0.717) is 31.7 Å². The number of methoxy groups -OCH3 is 1. The van der Waals surface area contributed by atoms with Crippen LogP contribution in [0, 0.1) is 0 Å². The van der Waals surface area contributed by atoms with Crippen molar-refractivity contribution in [3.8, 4) is 11.5 Å². The monoisotopic (exact) mass is 319 g/mol. The summed E-state index contributed by atoms with van der Waals surface area (Å²) in [7, 11) is 1.61. The molecule has 0 spiro atoms. The molecule has 0 fully saturated rings. The molecule has 0 saturated heterocycles. The molecule has 0 unspecified atom stereocenters. The Kier molecular flexibility index (Phi) is 5.96. The fourth-order valence-electron chi connectivity index (χ4n) is 2.24. The van der Waals surface area contributed by atoms with Gasteiger partial charge in [0.2, 0.25) is 0 Å². The van der Waals surface area contributed by atoms with Gasteiger partial charge in [0.05, 0.1) is 19.4 Å². The molecule has 1 aromatic heterocycles. The van der Waals surface area contributed by atoms with Gasteiger partial charge in [-0.2, -0.15) is 0 Å². The number of aryl methyl sites for hydroxylation is 1. The number of aromatic carboxylic acids is 1. The topological polar surface area (TPSA) is 86.5 Å². The van der Waals surface area contributed by atoms with Gasteiger partial charge in [-0.05, 0) is 43.5 Å². The molecule has 0 aliphatic carbocycles. The van der Waals surface area contributed by atoms with E-state index >= 15 is 0 Å². The molecule has 0 bridgehead atoms. The summed E-state index contributed by atoms with van der Waals surface area (Å²) in [5.41, 5.74) is 0.681. The van der Waals surface area contributed by atoms with Gasteiger partial charge in [0.15, 0.2) is 5.69 Å². The highest BCUT2D eigenvalue weighted by molar-refractivity contribution is 5.86. The van der Waals surface area contributed by atoms with Crippen molar-refractivity contribution >= 4 is 5.97 Å². The van der Waals surface area contributed by atoms with Gasteiger partial charge in [0.1, 0.15) is 11.5 Å². The highest BCUT2D eigenvalue weighted by atomic mass is 16.5. The Hall–Kier alpha value is -2.57.